The maximum absolute atomic E-state index is 11.9. The molecule has 0 saturated heterocycles. The lowest BCUT2D eigenvalue weighted by molar-refractivity contribution is -0.0893. The Labute approximate surface area is 76.1 Å². The molecule has 0 aliphatic rings. The molecule has 0 atom stereocenters. The highest BCUT2D eigenvalue weighted by molar-refractivity contribution is 6.29. The Hall–Kier alpha value is -1.04. The first-order valence-corrected chi connectivity index (χ1v) is 3.50. The van der Waals surface area contributed by atoms with Crippen LogP contribution in [0.1, 0.15) is 10.6 Å². The van der Waals surface area contributed by atoms with Gasteiger partial charge in [0.1, 0.15) is 5.15 Å². The summed E-state index contributed by atoms with van der Waals surface area (Å²) in [6.45, 7) is 0. The van der Waals surface area contributed by atoms with Gasteiger partial charge in [0.15, 0.2) is 5.82 Å². The van der Waals surface area contributed by atoms with Crippen molar-refractivity contribution in [1.82, 2.24) is 9.55 Å². The Bertz CT molecular complexity index is 344. The van der Waals surface area contributed by atoms with Crippen molar-refractivity contribution >= 4 is 17.4 Å². The summed E-state index contributed by atoms with van der Waals surface area (Å²) >= 11 is 5.40. The number of carbonyl (C=O) groups excluding carboxylic acids is 1. The average molecular weight is 213 g/mol. The van der Waals surface area contributed by atoms with E-state index in [1.54, 1.807) is 0 Å². The van der Waals surface area contributed by atoms with Crippen molar-refractivity contribution in [3.05, 3.63) is 17.2 Å². The molecule has 0 N–H and O–H groups in total. The molecule has 0 aliphatic carbocycles. The summed E-state index contributed by atoms with van der Waals surface area (Å²) in [6.07, 6.45) is -3.93. The number of halogens is 4. The van der Waals surface area contributed by atoms with Crippen molar-refractivity contribution in [2.45, 2.75) is 6.18 Å². The lowest BCUT2D eigenvalue weighted by Gasteiger charge is -2.04. The van der Waals surface area contributed by atoms with Gasteiger partial charge in [0, 0.05) is 7.05 Å². The van der Waals surface area contributed by atoms with Crippen LogP contribution in [0.25, 0.3) is 0 Å². The topological polar surface area (TPSA) is 34.9 Å². The van der Waals surface area contributed by atoms with Crippen LogP contribution in [0.3, 0.4) is 0 Å². The maximum Gasteiger partial charge on any atom is 0.458 e. The van der Waals surface area contributed by atoms with Gasteiger partial charge in [-0.3, -0.25) is 4.79 Å². The van der Waals surface area contributed by atoms with Gasteiger partial charge in [0.05, 0.1) is 6.20 Å². The maximum atomic E-state index is 11.9. The Kier molecular flexibility index (Phi) is 2.34. The average Bonchev–Trinajstić information content (AvgIpc) is 2.30. The zero-order valence-electron chi connectivity index (χ0n) is 6.39. The van der Waals surface area contributed by atoms with Gasteiger partial charge in [-0.15, -0.1) is 0 Å². The largest absolute Gasteiger partial charge is 0.458 e. The number of Topliss-reactive ketones (excluding diaryl/α,β-unsaturated/α-hetero) is 1. The second kappa shape index (κ2) is 3.02. The number of nitrogens with zero attached hydrogens (tertiary/aromatic N) is 2. The van der Waals surface area contributed by atoms with Gasteiger partial charge < -0.3 is 4.57 Å². The minimum absolute atomic E-state index is 0.0207. The van der Waals surface area contributed by atoms with Crippen molar-refractivity contribution < 1.29 is 18.0 Å². The van der Waals surface area contributed by atoms with Crippen molar-refractivity contribution in [2.75, 3.05) is 0 Å². The normalized spacial score (nSPS) is 11.8. The second-order valence-electron chi connectivity index (χ2n) is 2.29. The Morgan fingerprint density at radius 3 is 2.46 bits per heavy atom. The number of hydrogen-bond acceptors (Lipinski definition) is 2. The lowest BCUT2D eigenvalue weighted by Crippen LogP contribution is -2.25. The van der Waals surface area contributed by atoms with E-state index in [0.29, 0.717) is 0 Å². The molecule has 7 heteroatoms. The van der Waals surface area contributed by atoms with E-state index in [1.165, 1.54) is 7.05 Å². The van der Waals surface area contributed by atoms with Gasteiger partial charge in [-0.05, 0) is 0 Å². The quantitative estimate of drug-likeness (QED) is 0.666. The summed E-state index contributed by atoms with van der Waals surface area (Å²) in [6, 6.07) is 0. The van der Waals surface area contributed by atoms with Crippen LogP contribution in [-0.2, 0) is 7.05 Å². The van der Waals surface area contributed by atoms with Gasteiger partial charge in [-0.2, -0.15) is 13.2 Å². The molecule has 1 aromatic heterocycles. The third-order valence-corrected chi connectivity index (χ3v) is 1.74. The van der Waals surface area contributed by atoms with E-state index in [9.17, 15) is 18.0 Å². The zero-order valence-corrected chi connectivity index (χ0v) is 7.15. The molecule has 72 valence electrons. The molecule has 0 fully saturated rings. The van der Waals surface area contributed by atoms with Crippen LogP contribution in [0.15, 0.2) is 6.20 Å². The third-order valence-electron chi connectivity index (χ3n) is 1.39. The predicted octanol–water partition coefficient (Wildman–Crippen LogP) is 1.82. The minimum atomic E-state index is -4.91. The first kappa shape index (κ1) is 10.0. The Balaban J connectivity index is 3.10. The van der Waals surface area contributed by atoms with Crippen LogP contribution in [-0.4, -0.2) is 21.5 Å². The van der Waals surface area contributed by atoms with Crippen LogP contribution in [0.2, 0.25) is 5.15 Å². The summed E-state index contributed by atoms with van der Waals surface area (Å²) in [5.41, 5.74) is 0. The molecule has 13 heavy (non-hydrogen) atoms. The highest BCUT2D eigenvalue weighted by atomic mass is 35.5. The number of carbonyl (C=O) groups is 1. The van der Waals surface area contributed by atoms with E-state index in [2.05, 4.69) is 4.98 Å². The van der Waals surface area contributed by atoms with Crippen LogP contribution in [0.4, 0.5) is 13.2 Å². The number of alkyl halides is 3. The van der Waals surface area contributed by atoms with Gasteiger partial charge >= 0.3 is 12.0 Å². The van der Waals surface area contributed by atoms with E-state index in [-0.39, 0.29) is 5.15 Å². The Morgan fingerprint density at radius 2 is 2.15 bits per heavy atom. The summed E-state index contributed by atoms with van der Waals surface area (Å²) in [5, 5.41) is -0.0207. The highest BCUT2D eigenvalue weighted by Crippen LogP contribution is 2.21. The molecular formula is C6H4ClF3N2O. The SMILES string of the molecule is Cn1c(Cl)cnc1C(=O)C(F)(F)F. The first-order chi connectivity index (χ1) is 5.84. The molecule has 1 heterocycles. The molecular weight excluding hydrogens is 209 g/mol. The van der Waals surface area contributed by atoms with Crippen LogP contribution in [0.5, 0.6) is 0 Å². The van der Waals surface area contributed by atoms with Crippen molar-refractivity contribution in [3.8, 4) is 0 Å². The predicted molar refractivity (Wildman–Crippen MR) is 38.6 cm³/mol. The van der Waals surface area contributed by atoms with E-state index >= 15 is 0 Å². The summed E-state index contributed by atoms with van der Waals surface area (Å²) in [4.78, 5) is 13.9. The number of ketones is 1. The fraction of sp³-hybridized carbons (Fsp3) is 0.333. The number of rotatable bonds is 1. The second-order valence-corrected chi connectivity index (χ2v) is 2.68. The van der Waals surface area contributed by atoms with E-state index in [4.69, 9.17) is 11.6 Å². The van der Waals surface area contributed by atoms with Crippen LogP contribution < -0.4 is 0 Å². The molecule has 0 amide bonds. The molecule has 0 aromatic carbocycles. The molecule has 0 saturated carbocycles. The molecule has 1 rings (SSSR count). The van der Waals surface area contributed by atoms with E-state index in [0.717, 1.165) is 10.8 Å². The van der Waals surface area contributed by atoms with E-state index < -0.39 is 17.8 Å². The Morgan fingerprint density at radius 1 is 1.62 bits per heavy atom. The summed E-state index contributed by atoms with van der Waals surface area (Å²) in [5.74, 6) is -2.71. The number of aromatic nitrogens is 2. The fourth-order valence-electron chi connectivity index (χ4n) is 0.727. The molecule has 0 unspecified atom stereocenters. The molecule has 1 aromatic rings. The van der Waals surface area contributed by atoms with E-state index in [1.807, 2.05) is 0 Å². The fourth-order valence-corrected chi connectivity index (χ4v) is 0.855. The summed E-state index contributed by atoms with van der Waals surface area (Å²) in [7, 11) is 1.23. The molecule has 0 spiro atoms. The molecule has 0 aliphatic heterocycles. The van der Waals surface area contributed by atoms with Crippen molar-refractivity contribution in [2.24, 2.45) is 7.05 Å². The van der Waals surface area contributed by atoms with Crippen molar-refractivity contribution in [3.63, 3.8) is 0 Å². The monoisotopic (exact) mass is 212 g/mol. The summed E-state index contributed by atoms with van der Waals surface area (Å²) < 4.78 is 36.5. The highest BCUT2D eigenvalue weighted by Gasteiger charge is 2.42. The first-order valence-electron chi connectivity index (χ1n) is 3.12. The third kappa shape index (κ3) is 1.82. The van der Waals surface area contributed by atoms with Crippen LogP contribution in [0, 0.1) is 0 Å². The molecule has 0 bridgehead atoms. The van der Waals surface area contributed by atoms with Gasteiger partial charge in [-0.1, -0.05) is 11.6 Å². The number of imidazole rings is 1. The molecule has 0 radical (unpaired) electrons. The standard InChI is InChI=1S/C6H4ClF3N2O/c1-12-3(7)2-11-5(12)4(13)6(8,9)10/h2H,1H3. The number of hydrogen-bond donors (Lipinski definition) is 0. The van der Waals surface area contributed by atoms with Crippen LogP contribution >= 0.6 is 11.6 Å². The lowest BCUT2D eigenvalue weighted by atomic mass is 10.3. The minimum Gasteiger partial charge on any atom is -0.315 e. The van der Waals surface area contributed by atoms with Gasteiger partial charge in [-0.25, -0.2) is 4.98 Å². The van der Waals surface area contributed by atoms with Gasteiger partial charge in [0.2, 0.25) is 0 Å². The zero-order chi connectivity index (χ0) is 10.2. The van der Waals surface area contributed by atoms with Gasteiger partial charge in [0.25, 0.3) is 0 Å². The smallest absolute Gasteiger partial charge is 0.315 e. The van der Waals surface area contributed by atoms with Crippen molar-refractivity contribution in [1.29, 1.82) is 0 Å². The molecule has 3 nitrogen and oxygen atoms in total.